The number of carbonyl (C=O) groups is 4. The average Bonchev–Trinajstić information content (AvgIpc) is 1.01. The molecule has 6 heterocycles. The maximum absolute atomic E-state index is 13.7. The van der Waals surface area contributed by atoms with Crippen LogP contribution in [0.4, 0.5) is 21.9 Å². The van der Waals surface area contributed by atoms with Crippen molar-refractivity contribution in [2.45, 2.75) is 105 Å². The molecule has 0 aliphatic carbocycles. The summed E-state index contributed by atoms with van der Waals surface area (Å²) in [6, 6.07) is 46.4. The summed E-state index contributed by atoms with van der Waals surface area (Å²) in [5.74, 6) is 1.74. The van der Waals surface area contributed by atoms with Crippen molar-refractivity contribution in [2.24, 2.45) is 0 Å². The summed E-state index contributed by atoms with van der Waals surface area (Å²) in [4.78, 5) is 77.6. The number of hydrogen-bond acceptors (Lipinski definition) is 17. The van der Waals surface area contributed by atoms with Gasteiger partial charge >= 0.3 is 11.9 Å². The molecule has 0 fully saturated rings. The Morgan fingerprint density at radius 2 is 0.947 bits per heavy atom. The first-order valence-electron chi connectivity index (χ1n) is 31.4. The van der Waals surface area contributed by atoms with Crippen LogP contribution in [0.15, 0.2) is 146 Å². The van der Waals surface area contributed by atoms with Gasteiger partial charge in [0.05, 0.1) is 33.6 Å². The molecule has 0 saturated heterocycles. The van der Waals surface area contributed by atoms with Crippen LogP contribution in [0.25, 0.3) is 42.7 Å². The highest BCUT2D eigenvalue weighted by Crippen LogP contribution is 2.38. The second-order valence-corrected chi connectivity index (χ2v) is 27.4. The van der Waals surface area contributed by atoms with Crippen molar-refractivity contribution in [3.63, 3.8) is 0 Å². The number of hydrogen-bond donors (Lipinski definition) is 3. The summed E-state index contributed by atoms with van der Waals surface area (Å²) in [6.07, 6.45) is 2.70. The lowest BCUT2D eigenvalue weighted by atomic mass is 9.94. The van der Waals surface area contributed by atoms with Crippen molar-refractivity contribution in [3.8, 4) is 33.8 Å². The second kappa shape index (κ2) is 28.9. The molecule has 0 atom stereocenters. The Balaban J connectivity index is 0.000000192. The molecule has 0 saturated carbocycles. The third-order valence-electron chi connectivity index (χ3n) is 15.9. The Morgan fingerprint density at radius 3 is 1.36 bits per heavy atom. The number of anilines is 4. The van der Waals surface area contributed by atoms with Crippen LogP contribution < -0.4 is 29.9 Å². The van der Waals surface area contributed by atoms with Crippen molar-refractivity contribution in [1.29, 1.82) is 0 Å². The van der Waals surface area contributed by atoms with Crippen molar-refractivity contribution in [1.82, 2.24) is 19.9 Å². The third-order valence-corrected chi connectivity index (χ3v) is 18.1. The van der Waals surface area contributed by atoms with Gasteiger partial charge in [-0.1, -0.05) is 95.5 Å². The Kier molecular flexibility index (Phi) is 20.4. The van der Waals surface area contributed by atoms with Crippen molar-refractivity contribution >= 4 is 100 Å². The number of para-hydroxylation sites is 2. The first kappa shape index (κ1) is 66.2. The minimum absolute atomic E-state index is 0.0448. The smallest absolute Gasteiger partial charge is 0.358 e. The number of halogens is 1. The first-order chi connectivity index (χ1) is 45.2. The number of esters is 2. The van der Waals surface area contributed by atoms with Gasteiger partial charge in [0.25, 0.3) is 11.8 Å². The van der Waals surface area contributed by atoms with E-state index < -0.39 is 23.1 Å². The van der Waals surface area contributed by atoms with Gasteiger partial charge in [0.1, 0.15) is 34.3 Å². The number of carbonyl (C=O) groups excluding carboxylic acids is 4. The van der Waals surface area contributed by atoms with Gasteiger partial charge in [0.15, 0.2) is 21.7 Å². The van der Waals surface area contributed by atoms with E-state index in [4.69, 9.17) is 40.5 Å². The molecular formula is C74H75ClN8O9S2. The van der Waals surface area contributed by atoms with E-state index in [0.29, 0.717) is 102 Å². The number of fused-ring (bicyclic) bond motifs is 4. The Morgan fingerprint density at radius 1 is 0.521 bits per heavy atom. The van der Waals surface area contributed by atoms with Crippen molar-refractivity contribution in [3.05, 3.63) is 201 Å². The Labute approximate surface area is 560 Å². The Hall–Kier alpha value is -9.27. The van der Waals surface area contributed by atoms with Crippen molar-refractivity contribution < 1.29 is 43.2 Å². The predicted octanol–water partition coefficient (Wildman–Crippen LogP) is 15.6. The van der Waals surface area contributed by atoms with E-state index in [1.165, 1.54) is 22.7 Å². The van der Waals surface area contributed by atoms with Gasteiger partial charge in [-0.3, -0.25) is 20.2 Å². The topological polar surface area (TPSA) is 208 Å². The summed E-state index contributed by atoms with van der Waals surface area (Å²) in [6.45, 7) is 18.1. The number of alkyl halides is 1. The van der Waals surface area contributed by atoms with E-state index in [-0.39, 0.29) is 29.8 Å². The Bertz CT molecular complexity index is 4110. The largest absolute Gasteiger partial charge is 0.493 e. The maximum Gasteiger partial charge on any atom is 0.358 e. The van der Waals surface area contributed by atoms with E-state index in [1.807, 2.05) is 189 Å². The molecular weight excluding hydrogens is 1240 g/mol. The number of nitrogens with one attached hydrogen (secondary N) is 2. The highest BCUT2D eigenvalue weighted by Gasteiger charge is 2.31. The number of rotatable bonds is 18. The lowest BCUT2D eigenvalue weighted by molar-refractivity contribution is 0.00515. The summed E-state index contributed by atoms with van der Waals surface area (Å²) in [5.41, 5.74) is 10.7. The molecule has 0 bridgehead atoms. The number of aromatic nitrogens is 4. The zero-order valence-corrected chi connectivity index (χ0v) is 56.3. The van der Waals surface area contributed by atoms with Crippen LogP contribution in [0.3, 0.4) is 0 Å². The van der Waals surface area contributed by atoms with Gasteiger partial charge in [-0.2, -0.15) is 0 Å². The van der Waals surface area contributed by atoms with E-state index in [9.17, 15) is 24.3 Å². The molecule has 484 valence electrons. The van der Waals surface area contributed by atoms with Crippen LogP contribution in [-0.4, -0.2) is 98.8 Å². The van der Waals surface area contributed by atoms with Crippen LogP contribution in [0.1, 0.15) is 129 Å². The molecule has 0 radical (unpaired) electrons. The lowest BCUT2D eigenvalue weighted by Crippen LogP contribution is -2.33. The highest BCUT2D eigenvalue weighted by atomic mass is 35.5. The monoisotopic (exact) mass is 1320 g/mol. The van der Waals surface area contributed by atoms with E-state index >= 15 is 0 Å². The van der Waals surface area contributed by atoms with Crippen molar-refractivity contribution in [2.75, 3.05) is 59.2 Å². The number of aliphatic hydroxyl groups excluding tert-OH is 1. The molecule has 2 amide bonds. The van der Waals surface area contributed by atoms with Gasteiger partial charge in [0.2, 0.25) is 0 Å². The first-order valence-corrected chi connectivity index (χ1v) is 33.6. The second-order valence-electron chi connectivity index (χ2n) is 24.9. The standard InChI is InChI=1S/C37H37ClN4O4S.C37H38N4O5S/c1-23-25(11-8-14-30(23)45-21-9-19-38)26-16-17-32(40-33(26)35(44)46-37(2,3)4)42-20-18-24-10-7-12-27(28(24)22-42)34(43)41-36-39-29-13-5-6-15-31(29)47-36;1-23-25(11-8-14-30(23)45-21-9-20-42)26-16-17-32(39-33(26)35(44)46-37(2,3)4)41-19-18-24-10-7-12-27(28(24)22-41)34(43)40-36-38-29-13-5-6-15-31(29)47-36/h5-8,10-17H,9,18-22H2,1-4H3,(H,39,41,43);5-8,10-17,42H,9,18-22H2,1-4H3,(H,38,40,43). The maximum atomic E-state index is 13.7. The lowest BCUT2D eigenvalue weighted by Gasteiger charge is -2.31. The summed E-state index contributed by atoms with van der Waals surface area (Å²) >= 11 is 8.75. The quantitative estimate of drug-likeness (QED) is 0.0415. The van der Waals surface area contributed by atoms with E-state index in [2.05, 4.69) is 42.5 Å². The molecule has 0 unspecified atom stereocenters. The number of nitrogens with zero attached hydrogens (tertiary/aromatic N) is 6. The third kappa shape index (κ3) is 15.5. The molecule has 12 rings (SSSR count). The fourth-order valence-corrected chi connectivity index (χ4v) is 13.2. The minimum atomic E-state index is -0.716. The number of ether oxygens (including phenoxy) is 4. The summed E-state index contributed by atoms with van der Waals surface area (Å²) in [5, 5.41) is 16.3. The number of amides is 2. The normalized spacial score (nSPS) is 12.9. The molecule has 6 aromatic carbocycles. The van der Waals surface area contributed by atoms with Gasteiger partial charge in [-0.25, -0.2) is 29.5 Å². The summed E-state index contributed by atoms with van der Waals surface area (Å²) in [7, 11) is 0. The SMILES string of the molecule is Cc1c(OCCCCl)cccc1-c1ccc(N2CCc3cccc(C(=O)Nc4nc5ccccc5s4)c3C2)nc1C(=O)OC(C)(C)C.Cc1c(OCCCO)cccc1-c1ccc(N2CCc3cccc(C(=O)Nc4nc5ccccc5s4)c3C2)nc1C(=O)OC(C)(C)C. The number of thiazole rings is 2. The highest BCUT2D eigenvalue weighted by molar-refractivity contribution is 7.22. The molecule has 20 heteroatoms. The molecule has 94 heavy (non-hydrogen) atoms. The predicted molar refractivity (Wildman–Crippen MR) is 375 cm³/mol. The van der Waals surface area contributed by atoms with Crippen LogP contribution in [0.5, 0.6) is 11.5 Å². The van der Waals surface area contributed by atoms with Gasteiger partial charge in [-0.05, 0) is 192 Å². The van der Waals surface area contributed by atoms with E-state index in [1.54, 1.807) is 0 Å². The zero-order valence-electron chi connectivity index (χ0n) is 53.9. The molecule has 2 aliphatic rings. The van der Waals surface area contributed by atoms with E-state index in [0.717, 1.165) is 90.0 Å². The van der Waals surface area contributed by atoms with Gasteiger partial charge in [-0.15, -0.1) is 11.6 Å². The molecule has 4 aromatic heterocycles. The van der Waals surface area contributed by atoms with Gasteiger partial charge < -0.3 is 33.9 Å². The zero-order chi connectivity index (χ0) is 66.3. The van der Waals surface area contributed by atoms with Crippen LogP contribution in [0, 0.1) is 13.8 Å². The molecule has 0 spiro atoms. The number of benzene rings is 6. The average molecular weight is 1320 g/mol. The van der Waals surface area contributed by atoms with Gasteiger partial charge in [0, 0.05) is 67.3 Å². The fourth-order valence-electron chi connectivity index (χ4n) is 11.4. The fraction of sp³-hybridized carbons (Fsp3) is 0.297. The molecule has 2 aliphatic heterocycles. The minimum Gasteiger partial charge on any atom is -0.493 e. The van der Waals surface area contributed by atoms with Crippen LogP contribution in [0.2, 0.25) is 0 Å². The molecule has 3 N–H and O–H groups in total. The molecule has 10 aromatic rings. The summed E-state index contributed by atoms with van der Waals surface area (Å²) < 4.78 is 25.6. The van der Waals surface area contributed by atoms with Crippen LogP contribution in [-0.2, 0) is 35.4 Å². The number of aliphatic hydroxyl groups is 1. The van der Waals surface area contributed by atoms with Crippen LogP contribution >= 0.6 is 34.3 Å². The molecule has 17 nitrogen and oxygen atoms in total. The number of pyridine rings is 2.